The van der Waals surface area contributed by atoms with Crippen LogP contribution in [0.3, 0.4) is 0 Å². The maximum Gasteiger partial charge on any atom is 0.409 e. The van der Waals surface area contributed by atoms with E-state index in [1.54, 1.807) is 20.2 Å². The lowest BCUT2D eigenvalue weighted by Crippen LogP contribution is -2.29. The molecule has 1 fully saturated rings. The summed E-state index contributed by atoms with van der Waals surface area (Å²) >= 11 is 7.76. The Hall–Kier alpha value is -3.76. The molecule has 0 aliphatic carbocycles. The number of nitrogens with one attached hydrogen (secondary N) is 2. The van der Waals surface area contributed by atoms with Gasteiger partial charge in [-0.15, -0.1) is 11.3 Å². The molecule has 0 bridgehead atoms. The standard InChI is InChI=1S/C27H23ClFN5O4S2/c1-34(2)27(35)38-19-11-17(30-14-19)6-8-20-13-23-25(39-20)26(32-15-31-23)33-18-7-9-24(22(28)12-18)40(36,37)21-5-3-4-16(29)10-21/h3-5,7,9-10,12-13,15,17,19,30H,11,14H2,1-2H3,(H,31,32,33)/t17-,19-/m1/s1. The molecule has 2 atom stereocenters. The average molecular weight is 600 g/mol. The fourth-order valence-corrected chi connectivity index (χ4v) is 6.75. The molecule has 0 unspecified atom stereocenters. The minimum Gasteiger partial charge on any atom is -0.445 e. The molecule has 0 saturated carbocycles. The Balaban J connectivity index is 1.32. The lowest BCUT2D eigenvalue weighted by molar-refractivity contribution is 0.0826. The molecule has 4 aromatic rings. The number of aromatic nitrogens is 2. The van der Waals surface area contributed by atoms with Crippen molar-refractivity contribution < 1.29 is 22.3 Å². The average Bonchev–Trinajstić information content (AvgIpc) is 3.54. The zero-order valence-electron chi connectivity index (χ0n) is 21.3. The van der Waals surface area contributed by atoms with E-state index in [9.17, 15) is 17.6 Å². The highest BCUT2D eigenvalue weighted by atomic mass is 35.5. The third-order valence-electron chi connectivity index (χ3n) is 5.99. The van der Waals surface area contributed by atoms with Crippen molar-refractivity contribution in [2.45, 2.75) is 28.4 Å². The van der Waals surface area contributed by atoms with E-state index in [1.807, 2.05) is 6.07 Å². The number of anilines is 2. The SMILES string of the molecule is CN(C)C(=O)O[C@H]1CN[C@H](C#Cc2cc3ncnc(Nc4ccc(S(=O)(=O)c5cccc(F)c5)c(Cl)c4)c3s2)C1. The number of halogens is 2. The Kier molecular flexibility index (Phi) is 7.91. The molecule has 40 heavy (non-hydrogen) atoms. The van der Waals surface area contributed by atoms with Gasteiger partial charge >= 0.3 is 6.09 Å². The Morgan fingerprint density at radius 3 is 2.80 bits per heavy atom. The summed E-state index contributed by atoms with van der Waals surface area (Å²) in [6.45, 7) is 0.537. The van der Waals surface area contributed by atoms with Gasteiger partial charge in [-0.2, -0.15) is 0 Å². The van der Waals surface area contributed by atoms with Crippen molar-refractivity contribution in [3.8, 4) is 11.8 Å². The number of carbonyl (C=O) groups is 1. The zero-order chi connectivity index (χ0) is 28.4. The van der Waals surface area contributed by atoms with Gasteiger partial charge in [0.15, 0.2) is 5.82 Å². The minimum atomic E-state index is -4.01. The molecule has 1 aliphatic rings. The number of benzene rings is 2. The monoisotopic (exact) mass is 599 g/mol. The number of hydrogen-bond acceptors (Lipinski definition) is 9. The molecule has 1 saturated heterocycles. The van der Waals surface area contributed by atoms with Crippen LogP contribution >= 0.6 is 22.9 Å². The van der Waals surface area contributed by atoms with Crippen LogP contribution in [-0.4, -0.2) is 62.2 Å². The van der Waals surface area contributed by atoms with Crippen molar-refractivity contribution in [2.75, 3.05) is 26.0 Å². The number of thiophene rings is 1. The van der Waals surface area contributed by atoms with Crippen molar-refractivity contribution >= 4 is 60.6 Å². The highest BCUT2D eigenvalue weighted by Crippen LogP contribution is 2.34. The van der Waals surface area contributed by atoms with Crippen molar-refractivity contribution in [1.82, 2.24) is 20.2 Å². The Morgan fingerprint density at radius 2 is 2.05 bits per heavy atom. The number of carbonyl (C=O) groups excluding carboxylic acids is 1. The normalized spacial score (nSPS) is 16.8. The number of sulfone groups is 1. The van der Waals surface area contributed by atoms with Crippen molar-refractivity contribution in [2.24, 2.45) is 0 Å². The van der Waals surface area contributed by atoms with Gasteiger partial charge in [0.1, 0.15) is 18.2 Å². The maximum atomic E-state index is 13.6. The van der Waals surface area contributed by atoms with Gasteiger partial charge in [-0.1, -0.05) is 29.5 Å². The molecular weight excluding hydrogens is 577 g/mol. The molecule has 2 aromatic carbocycles. The van der Waals surface area contributed by atoms with Gasteiger partial charge in [-0.25, -0.2) is 27.6 Å². The van der Waals surface area contributed by atoms with Crippen LogP contribution in [0.15, 0.2) is 64.6 Å². The largest absolute Gasteiger partial charge is 0.445 e. The van der Waals surface area contributed by atoms with Crippen LogP contribution in [0.4, 0.5) is 20.7 Å². The summed E-state index contributed by atoms with van der Waals surface area (Å²) < 4.78 is 45.7. The Labute approximate surface area is 239 Å². The summed E-state index contributed by atoms with van der Waals surface area (Å²) in [5, 5.41) is 6.40. The highest BCUT2D eigenvalue weighted by Gasteiger charge is 2.26. The third kappa shape index (κ3) is 6.03. The first kappa shape index (κ1) is 27.8. The second-order valence-corrected chi connectivity index (χ2v) is 12.5. The zero-order valence-corrected chi connectivity index (χ0v) is 23.7. The predicted octanol–water partition coefficient (Wildman–Crippen LogP) is 4.84. The third-order valence-corrected chi connectivity index (χ3v) is 9.28. The fourth-order valence-electron chi connectivity index (χ4n) is 4.01. The van der Waals surface area contributed by atoms with Crippen LogP contribution in [0.1, 0.15) is 11.3 Å². The van der Waals surface area contributed by atoms with Gasteiger partial charge in [0.2, 0.25) is 9.84 Å². The van der Waals surface area contributed by atoms with Gasteiger partial charge in [0, 0.05) is 32.7 Å². The summed E-state index contributed by atoms with van der Waals surface area (Å²) in [5.41, 5.74) is 1.21. The number of ether oxygens (including phenoxy) is 1. The summed E-state index contributed by atoms with van der Waals surface area (Å²) in [6.07, 6.45) is 1.39. The molecule has 206 valence electrons. The highest BCUT2D eigenvalue weighted by molar-refractivity contribution is 7.91. The predicted molar refractivity (Wildman–Crippen MR) is 151 cm³/mol. The summed E-state index contributed by atoms with van der Waals surface area (Å²) in [4.78, 5) is 22.3. The molecule has 2 aromatic heterocycles. The number of amides is 1. The van der Waals surface area contributed by atoms with Crippen LogP contribution < -0.4 is 10.6 Å². The lowest BCUT2D eigenvalue weighted by Gasteiger charge is -2.15. The number of nitrogens with zero attached hydrogens (tertiary/aromatic N) is 3. The first-order valence-electron chi connectivity index (χ1n) is 12.0. The van der Waals surface area contributed by atoms with Crippen molar-refractivity contribution in [3.05, 3.63) is 70.6 Å². The second kappa shape index (κ2) is 11.4. The van der Waals surface area contributed by atoms with E-state index in [2.05, 4.69) is 32.4 Å². The lowest BCUT2D eigenvalue weighted by atomic mass is 10.2. The molecule has 3 heterocycles. The van der Waals surface area contributed by atoms with Gasteiger partial charge in [0.25, 0.3) is 0 Å². The molecule has 13 heteroatoms. The van der Waals surface area contributed by atoms with E-state index in [0.717, 1.165) is 15.6 Å². The number of hydrogen-bond donors (Lipinski definition) is 2. The molecule has 2 N–H and O–H groups in total. The van der Waals surface area contributed by atoms with Gasteiger partial charge in [-0.05, 0) is 42.5 Å². The topological polar surface area (TPSA) is 114 Å². The second-order valence-electron chi connectivity index (χ2n) is 9.14. The fraction of sp³-hybridized carbons (Fsp3) is 0.222. The molecule has 9 nitrogen and oxygen atoms in total. The Bertz CT molecular complexity index is 1770. The molecule has 0 spiro atoms. The van der Waals surface area contributed by atoms with Crippen LogP contribution in [0.2, 0.25) is 5.02 Å². The van der Waals surface area contributed by atoms with Crippen LogP contribution in [0.25, 0.3) is 10.2 Å². The van der Waals surface area contributed by atoms with Crippen LogP contribution in [0, 0.1) is 17.7 Å². The number of fused-ring (bicyclic) bond motifs is 1. The molecule has 1 amide bonds. The van der Waals surface area contributed by atoms with Crippen molar-refractivity contribution in [3.63, 3.8) is 0 Å². The summed E-state index contributed by atoms with van der Waals surface area (Å²) in [6, 6.07) is 10.9. The first-order valence-corrected chi connectivity index (χ1v) is 14.7. The number of rotatable bonds is 5. The van der Waals surface area contributed by atoms with Gasteiger partial charge < -0.3 is 15.0 Å². The van der Waals surface area contributed by atoms with E-state index >= 15 is 0 Å². The van der Waals surface area contributed by atoms with Gasteiger partial charge in [-0.3, -0.25) is 5.32 Å². The van der Waals surface area contributed by atoms with Crippen molar-refractivity contribution in [1.29, 1.82) is 0 Å². The molecular formula is C27H23ClFN5O4S2. The van der Waals surface area contributed by atoms with Gasteiger partial charge in [0.05, 0.1) is 35.9 Å². The minimum absolute atomic E-state index is 0.0177. The molecule has 1 aliphatic heterocycles. The van der Waals surface area contributed by atoms with E-state index in [0.29, 0.717) is 30.0 Å². The smallest absolute Gasteiger partial charge is 0.409 e. The van der Waals surface area contributed by atoms with E-state index in [-0.39, 0.29) is 33.1 Å². The molecule has 5 rings (SSSR count). The Morgan fingerprint density at radius 1 is 1.23 bits per heavy atom. The van der Waals surface area contributed by atoms with Crippen LogP contribution in [-0.2, 0) is 14.6 Å². The van der Waals surface area contributed by atoms with E-state index in [4.69, 9.17) is 16.3 Å². The van der Waals surface area contributed by atoms with E-state index < -0.39 is 15.7 Å². The van der Waals surface area contributed by atoms with Crippen LogP contribution in [0.5, 0.6) is 0 Å². The summed E-state index contributed by atoms with van der Waals surface area (Å²) in [7, 11) is -0.735. The quantitative estimate of drug-likeness (QED) is 0.313. The maximum absolute atomic E-state index is 13.6. The first-order chi connectivity index (χ1) is 19.1. The van der Waals surface area contributed by atoms with E-state index in [1.165, 1.54) is 52.9 Å². The molecule has 0 radical (unpaired) electrons. The summed E-state index contributed by atoms with van der Waals surface area (Å²) in [5.74, 6) is 6.20.